The first-order valence-corrected chi connectivity index (χ1v) is 6.97. The number of ether oxygens (including phenoxy) is 1. The van der Waals surface area contributed by atoms with E-state index in [1.165, 1.54) is 6.07 Å². The van der Waals surface area contributed by atoms with Crippen LogP contribution in [0.25, 0.3) is 0 Å². The van der Waals surface area contributed by atoms with E-state index in [-0.39, 0.29) is 24.4 Å². The van der Waals surface area contributed by atoms with Gasteiger partial charge in [0.25, 0.3) is 0 Å². The number of benzene rings is 2. The Kier molecular flexibility index (Phi) is 4.90. The third-order valence-corrected chi connectivity index (χ3v) is 3.47. The molecule has 0 fully saturated rings. The minimum absolute atomic E-state index is 0.0495. The van der Waals surface area contributed by atoms with E-state index in [1.807, 2.05) is 24.3 Å². The van der Waals surface area contributed by atoms with E-state index in [4.69, 9.17) is 4.74 Å². The first-order chi connectivity index (χ1) is 9.60. The molecule has 0 heterocycles. The molecule has 2 rings (SSSR count). The predicted octanol–water partition coefficient (Wildman–Crippen LogP) is 3.95. The van der Waals surface area contributed by atoms with Crippen molar-refractivity contribution in [3.63, 3.8) is 0 Å². The van der Waals surface area contributed by atoms with Crippen molar-refractivity contribution in [1.29, 1.82) is 0 Å². The number of hydrogen-bond donors (Lipinski definition) is 0. The lowest BCUT2D eigenvalue weighted by Crippen LogP contribution is -2.09. The lowest BCUT2D eigenvalue weighted by atomic mass is 10.0. The average molecular weight is 337 g/mol. The van der Waals surface area contributed by atoms with Crippen molar-refractivity contribution in [1.82, 2.24) is 0 Å². The second-order valence-corrected chi connectivity index (χ2v) is 5.36. The maximum atomic E-state index is 13.6. The Labute approximate surface area is 125 Å². The molecule has 0 unspecified atom stereocenters. The Balaban J connectivity index is 2.11. The summed E-state index contributed by atoms with van der Waals surface area (Å²) in [6, 6.07) is 12.0. The van der Waals surface area contributed by atoms with Gasteiger partial charge < -0.3 is 4.74 Å². The van der Waals surface area contributed by atoms with Crippen molar-refractivity contribution < 1.29 is 13.9 Å². The summed E-state index contributed by atoms with van der Waals surface area (Å²) in [5.41, 5.74) is 1.22. The molecule has 0 bridgehead atoms. The maximum absolute atomic E-state index is 13.6. The minimum atomic E-state index is -0.360. The van der Waals surface area contributed by atoms with Gasteiger partial charge in [0.1, 0.15) is 17.3 Å². The Morgan fingerprint density at radius 3 is 2.60 bits per heavy atom. The zero-order valence-electron chi connectivity index (χ0n) is 11.0. The van der Waals surface area contributed by atoms with Crippen molar-refractivity contribution in [2.45, 2.75) is 12.8 Å². The van der Waals surface area contributed by atoms with Crippen LogP contribution in [0.1, 0.15) is 11.1 Å². The summed E-state index contributed by atoms with van der Waals surface area (Å²) in [5, 5.41) is 0. The first kappa shape index (κ1) is 14.7. The molecule has 0 aliphatic carbocycles. The summed E-state index contributed by atoms with van der Waals surface area (Å²) in [5.74, 6) is 0.267. The molecule has 4 heteroatoms. The van der Waals surface area contributed by atoms with Gasteiger partial charge in [-0.25, -0.2) is 4.39 Å². The summed E-state index contributed by atoms with van der Waals surface area (Å²) < 4.78 is 19.6. The van der Waals surface area contributed by atoms with Crippen LogP contribution in [0, 0.1) is 5.82 Å². The lowest BCUT2D eigenvalue weighted by molar-refractivity contribution is -0.117. The van der Waals surface area contributed by atoms with E-state index in [0.717, 1.165) is 10.0 Å². The van der Waals surface area contributed by atoms with Gasteiger partial charge in [-0.05, 0) is 29.8 Å². The molecule has 0 saturated carbocycles. The van der Waals surface area contributed by atoms with Crippen LogP contribution >= 0.6 is 15.9 Å². The first-order valence-electron chi connectivity index (χ1n) is 6.17. The zero-order chi connectivity index (χ0) is 14.5. The van der Waals surface area contributed by atoms with Crippen LogP contribution < -0.4 is 4.74 Å². The van der Waals surface area contributed by atoms with Crippen LogP contribution in [0.15, 0.2) is 46.9 Å². The van der Waals surface area contributed by atoms with Crippen LogP contribution in [0.4, 0.5) is 4.39 Å². The van der Waals surface area contributed by atoms with E-state index in [2.05, 4.69) is 15.9 Å². The predicted molar refractivity (Wildman–Crippen MR) is 79.5 cm³/mol. The van der Waals surface area contributed by atoms with Gasteiger partial charge in [-0.3, -0.25) is 4.79 Å². The Hall–Kier alpha value is -1.68. The number of methoxy groups -OCH3 is 1. The van der Waals surface area contributed by atoms with Crippen molar-refractivity contribution in [2.75, 3.05) is 7.11 Å². The Morgan fingerprint density at radius 1 is 1.15 bits per heavy atom. The molecule has 2 aromatic rings. The maximum Gasteiger partial charge on any atom is 0.141 e. The van der Waals surface area contributed by atoms with Gasteiger partial charge in [0, 0.05) is 22.9 Å². The van der Waals surface area contributed by atoms with Crippen molar-refractivity contribution in [3.05, 3.63) is 63.9 Å². The van der Waals surface area contributed by atoms with E-state index >= 15 is 0 Å². The van der Waals surface area contributed by atoms with E-state index < -0.39 is 0 Å². The smallest absolute Gasteiger partial charge is 0.141 e. The average Bonchev–Trinajstić information content (AvgIpc) is 2.43. The minimum Gasteiger partial charge on any atom is -0.496 e. The van der Waals surface area contributed by atoms with Gasteiger partial charge in [-0.2, -0.15) is 0 Å². The van der Waals surface area contributed by atoms with Gasteiger partial charge in [-0.1, -0.05) is 34.1 Å². The van der Waals surface area contributed by atoms with Crippen LogP contribution in [-0.2, 0) is 17.6 Å². The number of Topliss-reactive ketones (excluding diaryl/α,β-unsaturated/α-hetero) is 1. The molecule has 0 radical (unpaired) electrons. The fourth-order valence-electron chi connectivity index (χ4n) is 2.02. The number of carbonyl (C=O) groups excluding carboxylic acids is 1. The number of rotatable bonds is 5. The highest BCUT2D eigenvalue weighted by molar-refractivity contribution is 9.10. The molecular weight excluding hydrogens is 323 g/mol. The lowest BCUT2D eigenvalue weighted by Gasteiger charge is -2.08. The normalized spacial score (nSPS) is 10.3. The highest BCUT2D eigenvalue weighted by Crippen LogP contribution is 2.20. The molecule has 0 atom stereocenters. The van der Waals surface area contributed by atoms with E-state index in [1.54, 1.807) is 19.2 Å². The monoisotopic (exact) mass is 336 g/mol. The highest BCUT2D eigenvalue weighted by Gasteiger charge is 2.12. The molecule has 0 spiro atoms. The molecule has 0 aromatic heterocycles. The SMILES string of the molecule is COc1ccccc1CC(=O)Cc1cc(Br)ccc1F. The molecular formula is C16H14BrFO2. The Bertz CT molecular complexity index is 626. The molecule has 20 heavy (non-hydrogen) atoms. The van der Waals surface area contributed by atoms with Crippen LogP contribution in [0.5, 0.6) is 5.75 Å². The zero-order valence-corrected chi connectivity index (χ0v) is 12.6. The van der Waals surface area contributed by atoms with Gasteiger partial charge >= 0.3 is 0 Å². The molecule has 0 aliphatic heterocycles. The Morgan fingerprint density at radius 2 is 1.85 bits per heavy atom. The number of halogens is 2. The van der Waals surface area contributed by atoms with Gasteiger partial charge in [0.05, 0.1) is 7.11 Å². The molecule has 0 amide bonds. The summed E-state index contributed by atoms with van der Waals surface area (Å²) in [4.78, 5) is 12.1. The molecule has 2 aromatic carbocycles. The quantitative estimate of drug-likeness (QED) is 0.826. The van der Waals surface area contributed by atoms with Crippen molar-refractivity contribution in [3.8, 4) is 5.75 Å². The third kappa shape index (κ3) is 3.67. The van der Waals surface area contributed by atoms with E-state index in [0.29, 0.717) is 11.3 Å². The molecule has 104 valence electrons. The topological polar surface area (TPSA) is 26.3 Å². The molecule has 0 N–H and O–H groups in total. The number of carbonyl (C=O) groups is 1. The summed E-state index contributed by atoms with van der Waals surface area (Å²) in [6.45, 7) is 0. The summed E-state index contributed by atoms with van der Waals surface area (Å²) in [7, 11) is 1.57. The van der Waals surface area contributed by atoms with Crippen molar-refractivity contribution >= 4 is 21.7 Å². The second kappa shape index (κ2) is 6.66. The largest absolute Gasteiger partial charge is 0.496 e. The molecule has 0 saturated heterocycles. The standard InChI is InChI=1S/C16H14BrFO2/c1-20-16-5-3-2-4-11(16)9-14(19)10-12-8-13(17)6-7-15(12)18/h2-8H,9-10H2,1H3. The van der Waals surface area contributed by atoms with Crippen LogP contribution in [0.3, 0.4) is 0 Å². The fourth-order valence-corrected chi connectivity index (χ4v) is 2.42. The second-order valence-electron chi connectivity index (χ2n) is 4.44. The molecule has 2 nitrogen and oxygen atoms in total. The fraction of sp³-hybridized carbons (Fsp3) is 0.188. The third-order valence-electron chi connectivity index (χ3n) is 2.98. The summed E-state index contributed by atoms with van der Waals surface area (Å²) in [6.07, 6.45) is 0.305. The number of hydrogen-bond acceptors (Lipinski definition) is 2. The highest BCUT2D eigenvalue weighted by atomic mass is 79.9. The van der Waals surface area contributed by atoms with E-state index in [9.17, 15) is 9.18 Å². The van der Waals surface area contributed by atoms with Crippen LogP contribution in [0.2, 0.25) is 0 Å². The van der Waals surface area contributed by atoms with Gasteiger partial charge in [0.2, 0.25) is 0 Å². The number of para-hydroxylation sites is 1. The number of ketones is 1. The van der Waals surface area contributed by atoms with Gasteiger partial charge in [-0.15, -0.1) is 0 Å². The molecule has 0 aliphatic rings. The van der Waals surface area contributed by atoms with Crippen molar-refractivity contribution in [2.24, 2.45) is 0 Å². The summed E-state index contributed by atoms with van der Waals surface area (Å²) >= 11 is 3.28. The van der Waals surface area contributed by atoms with Crippen LogP contribution in [-0.4, -0.2) is 12.9 Å². The van der Waals surface area contributed by atoms with Gasteiger partial charge in [0.15, 0.2) is 0 Å².